The van der Waals surface area contributed by atoms with Crippen molar-refractivity contribution in [3.8, 4) is 0 Å². The molecule has 2 aliphatic rings. The minimum Gasteiger partial charge on any atom is -0.465 e. The number of carbonyl (C=O) groups excluding carboxylic acids is 2. The molecule has 0 aromatic carbocycles. The van der Waals surface area contributed by atoms with E-state index in [1.807, 2.05) is 0 Å². The number of rotatable bonds is 3. The Morgan fingerprint density at radius 2 is 2.06 bits per heavy atom. The van der Waals surface area contributed by atoms with Crippen LogP contribution >= 0.6 is 0 Å². The fourth-order valence-corrected chi connectivity index (χ4v) is 3.25. The summed E-state index contributed by atoms with van der Waals surface area (Å²) in [5.41, 5.74) is -0.561. The van der Waals surface area contributed by atoms with Gasteiger partial charge in [0.15, 0.2) is 5.78 Å². The molecule has 1 heterocycles. The third kappa shape index (κ3) is 2.30. The average Bonchev–Trinajstić information content (AvgIpc) is 2.68. The summed E-state index contributed by atoms with van der Waals surface area (Å²) in [4.78, 5) is 23.8. The number of carbonyl (C=O) groups is 2. The molecule has 0 N–H and O–H groups in total. The predicted molar refractivity (Wildman–Crippen MR) is 66.1 cm³/mol. The highest BCUT2D eigenvalue weighted by molar-refractivity contribution is 6.02. The van der Waals surface area contributed by atoms with Crippen molar-refractivity contribution in [2.45, 2.75) is 51.6 Å². The van der Waals surface area contributed by atoms with Crippen LogP contribution in [0, 0.1) is 11.8 Å². The highest BCUT2D eigenvalue weighted by atomic mass is 16.5. The van der Waals surface area contributed by atoms with Gasteiger partial charge in [0, 0.05) is 0 Å². The van der Waals surface area contributed by atoms with E-state index in [0.29, 0.717) is 12.5 Å². The van der Waals surface area contributed by atoms with Crippen LogP contribution in [0.3, 0.4) is 0 Å². The van der Waals surface area contributed by atoms with Gasteiger partial charge in [-0.1, -0.05) is 13.3 Å². The van der Waals surface area contributed by atoms with E-state index in [1.165, 1.54) is 0 Å². The number of hydrogen-bond acceptors (Lipinski definition) is 4. The van der Waals surface area contributed by atoms with Crippen LogP contribution in [0.15, 0.2) is 0 Å². The summed E-state index contributed by atoms with van der Waals surface area (Å²) in [6, 6.07) is 0. The van der Waals surface area contributed by atoms with Crippen LogP contribution in [0.5, 0.6) is 0 Å². The Labute approximate surface area is 108 Å². The minimum absolute atomic E-state index is 0.0697. The summed E-state index contributed by atoms with van der Waals surface area (Å²) in [5.74, 6) is -0.480. The zero-order valence-electron chi connectivity index (χ0n) is 11.2. The normalized spacial score (nSPS) is 36.0. The molecule has 2 rings (SSSR count). The van der Waals surface area contributed by atoms with Gasteiger partial charge in [0.05, 0.1) is 12.2 Å². The summed E-state index contributed by atoms with van der Waals surface area (Å²) in [5, 5.41) is 0. The monoisotopic (exact) mass is 254 g/mol. The molecule has 1 aliphatic heterocycles. The van der Waals surface area contributed by atoms with Gasteiger partial charge in [-0.3, -0.25) is 9.59 Å². The molecule has 1 saturated heterocycles. The van der Waals surface area contributed by atoms with Gasteiger partial charge in [-0.15, -0.1) is 0 Å². The van der Waals surface area contributed by atoms with E-state index in [4.69, 9.17) is 9.47 Å². The first-order valence-electron chi connectivity index (χ1n) is 6.96. The maximum Gasteiger partial charge on any atom is 0.319 e. The van der Waals surface area contributed by atoms with Crippen LogP contribution < -0.4 is 0 Å². The highest BCUT2D eigenvalue weighted by Gasteiger charge is 2.55. The second kappa shape index (κ2) is 5.39. The second-order valence-corrected chi connectivity index (χ2v) is 5.36. The Morgan fingerprint density at radius 1 is 1.39 bits per heavy atom. The molecule has 0 amide bonds. The second-order valence-electron chi connectivity index (χ2n) is 5.36. The van der Waals surface area contributed by atoms with Gasteiger partial charge in [0.2, 0.25) is 0 Å². The lowest BCUT2D eigenvalue weighted by Crippen LogP contribution is -2.45. The average molecular weight is 254 g/mol. The summed E-state index contributed by atoms with van der Waals surface area (Å²) in [7, 11) is 0. The molecule has 1 atom stereocenters. The van der Waals surface area contributed by atoms with Crippen LogP contribution in [0.25, 0.3) is 0 Å². The van der Waals surface area contributed by atoms with E-state index < -0.39 is 17.5 Å². The topological polar surface area (TPSA) is 52.6 Å². The molecule has 1 unspecified atom stereocenters. The number of esters is 1. The third-order valence-corrected chi connectivity index (χ3v) is 4.40. The SMILES string of the molecule is CCOC(=O)C1C(=O)COC12CCC(CC)CC2. The van der Waals surface area contributed by atoms with Crippen LogP contribution in [0.1, 0.15) is 46.0 Å². The smallest absolute Gasteiger partial charge is 0.319 e. The predicted octanol–water partition coefficient (Wildman–Crippen LogP) is 2.10. The number of ketones is 1. The van der Waals surface area contributed by atoms with Crippen molar-refractivity contribution in [1.29, 1.82) is 0 Å². The first kappa shape index (κ1) is 13.5. The van der Waals surface area contributed by atoms with E-state index in [9.17, 15) is 9.59 Å². The molecule has 4 nitrogen and oxygen atoms in total. The molecular formula is C14H22O4. The summed E-state index contributed by atoms with van der Waals surface area (Å²) in [6.45, 7) is 4.33. The molecule has 1 aliphatic carbocycles. The van der Waals surface area contributed by atoms with Crippen molar-refractivity contribution in [1.82, 2.24) is 0 Å². The molecular weight excluding hydrogens is 232 g/mol. The van der Waals surface area contributed by atoms with Crippen LogP contribution in [0.4, 0.5) is 0 Å². The Bertz CT molecular complexity index is 329. The third-order valence-electron chi connectivity index (χ3n) is 4.40. The molecule has 0 radical (unpaired) electrons. The maximum absolute atomic E-state index is 12.0. The standard InChI is InChI=1S/C14H22O4/c1-3-10-5-7-14(8-6-10)12(11(15)9-18-14)13(16)17-4-2/h10,12H,3-9H2,1-2H3. The van der Waals surface area contributed by atoms with Gasteiger partial charge in [-0.2, -0.15) is 0 Å². The van der Waals surface area contributed by atoms with Crippen LogP contribution in [-0.4, -0.2) is 30.6 Å². The molecule has 2 fully saturated rings. The molecule has 0 aromatic heterocycles. The molecule has 18 heavy (non-hydrogen) atoms. The van der Waals surface area contributed by atoms with Crippen LogP contribution in [-0.2, 0) is 19.1 Å². The Balaban J connectivity index is 2.11. The first-order valence-corrected chi connectivity index (χ1v) is 6.96. The summed E-state index contributed by atoms with van der Waals surface area (Å²) < 4.78 is 10.8. The van der Waals surface area contributed by atoms with Gasteiger partial charge in [0.25, 0.3) is 0 Å². The maximum atomic E-state index is 12.0. The molecule has 1 saturated carbocycles. The summed E-state index contributed by atoms with van der Waals surface area (Å²) in [6.07, 6.45) is 4.86. The van der Waals surface area contributed by atoms with E-state index in [1.54, 1.807) is 6.92 Å². The fourth-order valence-electron chi connectivity index (χ4n) is 3.25. The number of ether oxygens (including phenoxy) is 2. The van der Waals surface area contributed by atoms with Gasteiger partial charge in [-0.05, 0) is 38.5 Å². The van der Waals surface area contributed by atoms with Crippen molar-refractivity contribution in [3.63, 3.8) is 0 Å². The van der Waals surface area contributed by atoms with Crippen molar-refractivity contribution < 1.29 is 19.1 Å². The Morgan fingerprint density at radius 3 is 2.61 bits per heavy atom. The molecule has 1 spiro atoms. The quantitative estimate of drug-likeness (QED) is 0.571. The van der Waals surface area contributed by atoms with E-state index in [2.05, 4.69) is 6.92 Å². The van der Waals surface area contributed by atoms with Crippen molar-refractivity contribution in [2.75, 3.05) is 13.2 Å². The lowest BCUT2D eigenvalue weighted by molar-refractivity contribution is -0.158. The largest absolute Gasteiger partial charge is 0.465 e. The van der Waals surface area contributed by atoms with Crippen molar-refractivity contribution in [2.24, 2.45) is 11.8 Å². The zero-order chi connectivity index (χ0) is 13.2. The van der Waals surface area contributed by atoms with Gasteiger partial charge >= 0.3 is 5.97 Å². The highest BCUT2D eigenvalue weighted by Crippen LogP contribution is 2.45. The first-order chi connectivity index (χ1) is 8.63. The van der Waals surface area contributed by atoms with E-state index in [-0.39, 0.29) is 12.4 Å². The molecule has 0 aromatic rings. The van der Waals surface area contributed by atoms with E-state index in [0.717, 1.165) is 32.1 Å². The molecule has 102 valence electrons. The van der Waals surface area contributed by atoms with Gasteiger partial charge < -0.3 is 9.47 Å². The van der Waals surface area contributed by atoms with Crippen molar-refractivity contribution in [3.05, 3.63) is 0 Å². The minimum atomic E-state index is -0.685. The van der Waals surface area contributed by atoms with E-state index >= 15 is 0 Å². The van der Waals surface area contributed by atoms with Gasteiger partial charge in [-0.25, -0.2) is 0 Å². The lowest BCUT2D eigenvalue weighted by Gasteiger charge is -2.38. The lowest BCUT2D eigenvalue weighted by atomic mass is 9.71. The fraction of sp³-hybridized carbons (Fsp3) is 0.857. The Hall–Kier alpha value is -0.900. The van der Waals surface area contributed by atoms with Gasteiger partial charge in [0.1, 0.15) is 12.5 Å². The van der Waals surface area contributed by atoms with Crippen molar-refractivity contribution >= 4 is 11.8 Å². The Kier molecular flexibility index (Phi) is 4.05. The number of Topliss-reactive ketones (excluding diaryl/α,β-unsaturated/α-hetero) is 1. The molecule has 0 bridgehead atoms. The number of hydrogen-bond donors (Lipinski definition) is 0. The molecule has 4 heteroatoms. The zero-order valence-corrected chi connectivity index (χ0v) is 11.2. The van der Waals surface area contributed by atoms with Crippen LogP contribution in [0.2, 0.25) is 0 Å². The summed E-state index contributed by atoms with van der Waals surface area (Å²) >= 11 is 0.